The van der Waals surface area contributed by atoms with Gasteiger partial charge in [0, 0.05) is 32.7 Å². The van der Waals surface area contributed by atoms with Gasteiger partial charge in [-0.15, -0.1) is 0 Å². The molecule has 25 heavy (non-hydrogen) atoms. The van der Waals surface area contributed by atoms with E-state index in [1.165, 1.54) is 12.1 Å². The molecule has 1 aliphatic heterocycles. The number of hydrogen-bond acceptors (Lipinski definition) is 3. The zero-order valence-electron chi connectivity index (χ0n) is 14.4. The summed E-state index contributed by atoms with van der Waals surface area (Å²) in [6.07, 6.45) is -2.22. The van der Waals surface area contributed by atoms with E-state index in [1.54, 1.807) is 13.2 Å². The first-order chi connectivity index (χ1) is 11.9. The molecular weight excluding hydrogens is 333 g/mol. The Balaban J connectivity index is 1.82. The van der Waals surface area contributed by atoms with Crippen molar-refractivity contribution in [2.45, 2.75) is 32.0 Å². The first-order valence-electron chi connectivity index (χ1n) is 8.56. The maximum Gasteiger partial charge on any atom is 0.416 e. The highest BCUT2D eigenvalue weighted by Gasteiger charge is 2.33. The molecule has 0 aliphatic carbocycles. The van der Waals surface area contributed by atoms with E-state index in [2.05, 4.69) is 5.32 Å². The predicted octanol–water partition coefficient (Wildman–Crippen LogP) is 3.07. The van der Waals surface area contributed by atoms with Crippen molar-refractivity contribution in [2.75, 3.05) is 33.4 Å². The molecule has 0 bridgehead atoms. The molecule has 0 radical (unpaired) electrons. The SMILES string of the molecule is COCCCNC(=O)C1CCN(Cc2ccccc2C(F)(F)F)CC1. The van der Waals surface area contributed by atoms with Crippen LogP contribution in [-0.4, -0.2) is 44.2 Å². The van der Waals surface area contributed by atoms with E-state index >= 15 is 0 Å². The Labute approximate surface area is 146 Å². The van der Waals surface area contributed by atoms with E-state index in [-0.39, 0.29) is 23.9 Å². The molecular formula is C18H25F3N2O2. The molecule has 1 fully saturated rings. The highest BCUT2D eigenvalue weighted by molar-refractivity contribution is 5.78. The Morgan fingerprint density at radius 2 is 1.96 bits per heavy atom. The van der Waals surface area contributed by atoms with Gasteiger partial charge in [0.1, 0.15) is 0 Å². The summed E-state index contributed by atoms with van der Waals surface area (Å²) in [6.45, 7) is 2.71. The van der Waals surface area contributed by atoms with Gasteiger partial charge in [0.25, 0.3) is 0 Å². The number of benzene rings is 1. The van der Waals surface area contributed by atoms with Crippen LogP contribution < -0.4 is 5.32 Å². The lowest BCUT2D eigenvalue weighted by Crippen LogP contribution is -2.40. The summed E-state index contributed by atoms with van der Waals surface area (Å²) >= 11 is 0. The van der Waals surface area contributed by atoms with Crippen LogP contribution in [-0.2, 0) is 22.3 Å². The van der Waals surface area contributed by atoms with E-state index in [0.717, 1.165) is 12.5 Å². The van der Waals surface area contributed by atoms with Gasteiger partial charge in [-0.1, -0.05) is 18.2 Å². The lowest BCUT2D eigenvalue weighted by atomic mass is 9.95. The minimum absolute atomic E-state index is 0.0337. The van der Waals surface area contributed by atoms with Crippen LogP contribution >= 0.6 is 0 Å². The number of rotatable bonds is 7. The third-order valence-electron chi connectivity index (χ3n) is 4.50. The van der Waals surface area contributed by atoms with Crippen LogP contribution in [0.15, 0.2) is 24.3 Å². The van der Waals surface area contributed by atoms with Gasteiger partial charge in [-0.3, -0.25) is 9.69 Å². The van der Waals surface area contributed by atoms with Crippen LogP contribution in [0.25, 0.3) is 0 Å². The van der Waals surface area contributed by atoms with Crippen molar-refractivity contribution in [3.63, 3.8) is 0 Å². The second-order valence-corrected chi connectivity index (χ2v) is 6.34. The monoisotopic (exact) mass is 358 g/mol. The van der Waals surface area contributed by atoms with Crippen LogP contribution in [0.4, 0.5) is 13.2 Å². The van der Waals surface area contributed by atoms with Crippen molar-refractivity contribution in [1.29, 1.82) is 0 Å². The fourth-order valence-electron chi connectivity index (χ4n) is 3.10. The largest absolute Gasteiger partial charge is 0.416 e. The number of alkyl halides is 3. The summed E-state index contributed by atoms with van der Waals surface area (Å²) in [5.41, 5.74) is -0.287. The maximum atomic E-state index is 13.1. The zero-order valence-corrected chi connectivity index (χ0v) is 14.4. The molecule has 1 heterocycles. The van der Waals surface area contributed by atoms with Gasteiger partial charge in [-0.25, -0.2) is 0 Å². The van der Waals surface area contributed by atoms with Gasteiger partial charge >= 0.3 is 6.18 Å². The van der Waals surface area contributed by atoms with E-state index in [9.17, 15) is 18.0 Å². The predicted molar refractivity (Wildman–Crippen MR) is 88.9 cm³/mol. The van der Waals surface area contributed by atoms with Gasteiger partial charge in [-0.05, 0) is 44.0 Å². The molecule has 0 atom stereocenters. The van der Waals surface area contributed by atoms with Crippen molar-refractivity contribution in [3.05, 3.63) is 35.4 Å². The van der Waals surface area contributed by atoms with Gasteiger partial charge < -0.3 is 10.1 Å². The second-order valence-electron chi connectivity index (χ2n) is 6.34. The summed E-state index contributed by atoms with van der Waals surface area (Å²) in [4.78, 5) is 14.1. The Bertz CT molecular complexity index is 555. The minimum Gasteiger partial charge on any atom is -0.385 e. The third kappa shape index (κ3) is 6.01. The van der Waals surface area contributed by atoms with Gasteiger partial charge in [0.15, 0.2) is 0 Å². The summed E-state index contributed by atoms with van der Waals surface area (Å²) < 4.78 is 44.1. The zero-order chi connectivity index (χ0) is 18.3. The summed E-state index contributed by atoms with van der Waals surface area (Å²) in [6, 6.07) is 5.68. The Morgan fingerprint density at radius 1 is 1.28 bits per heavy atom. The van der Waals surface area contributed by atoms with Crippen LogP contribution in [0.2, 0.25) is 0 Å². The third-order valence-corrected chi connectivity index (χ3v) is 4.50. The van der Waals surface area contributed by atoms with Crippen molar-refractivity contribution < 1.29 is 22.7 Å². The standard InChI is InChI=1S/C18H25F3N2O2/c1-25-12-4-9-22-17(24)14-7-10-23(11-8-14)13-15-5-2-3-6-16(15)18(19,20)21/h2-3,5-6,14H,4,7-13H2,1H3,(H,22,24). The van der Waals surface area contributed by atoms with E-state index < -0.39 is 11.7 Å². The van der Waals surface area contributed by atoms with Crippen molar-refractivity contribution in [2.24, 2.45) is 5.92 Å². The number of piperidine rings is 1. The number of carbonyl (C=O) groups is 1. The Hall–Kier alpha value is -1.60. The quantitative estimate of drug-likeness (QED) is 0.762. The van der Waals surface area contributed by atoms with Crippen LogP contribution in [0.1, 0.15) is 30.4 Å². The lowest BCUT2D eigenvalue weighted by Gasteiger charge is -2.31. The number of halogens is 3. The molecule has 2 rings (SSSR count). The Kier molecular flexibility index (Phi) is 7.25. The van der Waals surface area contributed by atoms with Gasteiger partial charge in [-0.2, -0.15) is 13.2 Å². The average Bonchev–Trinajstić information content (AvgIpc) is 2.59. The first kappa shape index (κ1) is 19.7. The molecule has 1 saturated heterocycles. The highest BCUT2D eigenvalue weighted by Crippen LogP contribution is 2.32. The molecule has 1 aromatic carbocycles. The molecule has 7 heteroatoms. The summed E-state index contributed by atoms with van der Waals surface area (Å²) in [5.74, 6) is -0.0249. The highest BCUT2D eigenvalue weighted by atomic mass is 19.4. The fraction of sp³-hybridized carbons (Fsp3) is 0.611. The summed E-state index contributed by atoms with van der Waals surface area (Å²) in [7, 11) is 1.62. The lowest BCUT2D eigenvalue weighted by molar-refractivity contribution is -0.138. The Morgan fingerprint density at radius 3 is 2.60 bits per heavy atom. The molecule has 0 aromatic heterocycles. The van der Waals surface area contributed by atoms with Crippen molar-refractivity contribution in [3.8, 4) is 0 Å². The molecule has 0 saturated carbocycles. The number of hydrogen-bond donors (Lipinski definition) is 1. The number of likely N-dealkylation sites (tertiary alicyclic amines) is 1. The molecule has 0 unspecified atom stereocenters. The van der Waals surface area contributed by atoms with Gasteiger partial charge in [0.2, 0.25) is 5.91 Å². The number of nitrogens with one attached hydrogen (secondary N) is 1. The second kappa shape index (κ2) is 9.20. The molecule has 140 valence electrons. The topological polar surface area (TPSA) is 41.6 Å². The van der Waals surface area contributed by atoms with Gasteiger partial charge in [0.05, 0.1) is 5.56 Å². The molecule has 1 aromatic rings. The number of amides is 1. The number of carbonyl (C=O) groups excluding carboxylic acids is 1. The van der Waals surface area contributed by atoms with E-state index in [0.29, 0.717) is 39.1 Å². The average molecular weight is 358 g/mol. The first-order valence-corrected chi connectivity index (χ1v) is 8.56. The van der Waals surface area contributed by atoms with Crippen molar-refractivity contribution in [1.82, 2.24) is 10.2 Å². The fourth-order valence-corrected chi connectivity index (χ4v) is 3.10. The van der Waals surface area contributed by atoms with Crippen LogP contribution in [0.3, 0.4) is 0 Å². The number of methoxy groups -OCH3 is 1. The molecule has 4 nitrogen and oxygen atoms in total. The molecule has 1 N–H and O–H groups in total. The van der Waals surface area contributed by atoms with Crippen LogP contribution in [0, 0.1) is 5.92 Å². The number of nitrogens with zero attached hydrogens (tertiary/aromatic N) is 1. The van der Waals surface area contributed by atoms with E-state index in [1.807, 2.05) is 4.90 Å². The van der Waals surface area contributed by atoms with Crippen LogP contribution in [0.5, 0.6) is 0 Å². The summed E-state index contributed by atoms with van der Waals surface area (Å²) in [5, 5.41) is 2.89. The molecule has 0 spiro atoms. The molecule has 1 amide bonds. The maximum absolute atomic E-state index is 13.1. The van der Waals surface area contributed by atoms with Crippen molar-refractivity contribution >= 4 is 5.91 Å². The minimum atomic E-state index is -4.34. The molecule has 1 aliphatic rings. The smallest absolute Gasteiger partial charge is 0.385 e. The number of ether oxygens (including phenoxy) is 1. The normalized spacial score (nSPS) is 16.8. The van der Waals surface area contributed by atoms with E-state index in [4.69, 9.17) is 4.74 Å².